The molecule has 0 bridgehead atoms. The Labute approximate surface area is 110 Å². The lowest BCUT2D eigenvalue weighted by Crippen LogP contribution is -2.41. The van der Waals surface area contributed by atoms with E-state index in [0.29, 0.717) is 18.1 Å². The molecule has 0 radical (unpaired) electrons. The molecule has 1 saturated heterocycles. The molecular formula is C16H24N2. The molecule has 0 saturated carbocycles. The van der Waals surface area contributed by atoms with E-state index in [0.717, 1.165) is 0 Å². The molecule has 1 aliphatic heterocycles. The van der Waals surface area contributed by atoms with Crippen molar-refractivity contribution < 1.29 is 0 Å². The summed E-state index contributed by atoms with van der Waals surface area (Å²) in [5.41, 5.74) is 3.10. The zero-order valence-corrected chi connectivity index (χ0v) is 11.5. The summed E-state index contributed by atoms with van der Waals surface area (Å²) >= 11 is 0. The van der Waals surface area contributed by atoms with Gasteiger partial charge in [0.15, 0.2) is 0 Å². The van der Waals surface area contributed by atoms with E-state index in [-0.39, 0.29) is 0 Å². The fraction of sp³-hybridized carbons (Fsp3) is 0.625. The minimum Gasteiger partial charge on any atom is -0.309 e. The maximum absolute atomic E-state index is 3.87. The maximum Gasteiger partial charge on any atom is 0.0210 e. The van der Waals surface area contributed by atoms with Gasteiger partial charge in [0, 0.05) is 24.7 Å². The number of hydrogen-bond donors (Lipinski definition) is 1. The molecule has 1 aromatic carbocycles. The monoisotopic (exact) mass is 244 g/mol. The number of fused-ring (bicyclic) bond motifs is 1. The molecule has 1 N–H and O–H groups in total. The number of nitrogens with one attached hydrogen (secondary N) is 1. The second kappa shape index (κ2) is 5.02. The Morgan fingerprint density at radius 3 is 2.33 bits per heavy atom. The third-order valence-electron chi connectivity index (χ3n) is 4.47. The zero-order chi connectivity index (χ0) is 12.5. The lowest BCUT2D eigenvalue weighted by molar-refractivity contribution is 0.265. The molecule has 1 atom stereocenters. The van der Waals surface area contributed by atoms with Crippen LogP contribution in [-0.4, -0.2) is 36.1 Å². The Kier molecular flexibility index (Phi) is 3.40. The van der Waals surface area contributed by atoms with Crippen molar-refractivity contribution in [1.82, 2.24) is 10.2 Å². The molecule has 2 aliphatic rings. The van der Waals surface area contributed by atoms with Crippen molar-refractivity contribution >= 4 is 0 Å². The molecule has 1 aliphatic carbocycles. The minimum atomic E-state index is 0.666. The Hall–Kier alpha value is -0.860. The fourth-order valence-electron chi connectivity index (χ4n) is 3.40. The van der Waals surface area contributed by atoms with Crippen LogP contribution in [-0.2, 0) is 12.8 Å². The van der Waals surface area contributed by atoms with E-state index in [4.69, 9.17) is 0 Å². The van der Waals surface area contributed by atoms with Crippen molar-refractivity contribution in [3.05, 3.63) is 35.4 Å². The smallest absolute Gasteiger partial charge is 0.0210 e. The van der Waals surface area contributed by atoms with Gasteiger partial charge in [-0.3, -0.25) is 4.90 Å². The van der Waals surface area contributed by atoms with Gasteiger partial charge in [-0.2, -0.15) is 0 Å². The first kappa shape index (κ1) is 12.2. The summed E-state index contributed by atoms with van der Waals surface area (Å²) in [5, 5.41) is 3.87. The largest absolute Gasteiger partial charge is 0.309 e. The third-order valence-corrected chi connectivity index (χ3v) is 4.47. The normalized spacial score (nSPS) is 24.9. The van der Waals surface area contributed by atoms with Crippen LogP contribution in [0.3, 0.4) is 0 Å². The van der Waals surface area contributed by atoms with Crippen molar-refractivity contribution in [2.75, 3.05) is 13.1 Å². The average Bonchev–Trinajstić information content (AvgIpc) is 2.94. The number of benzene rings is 1. The lowest BCUT2D eigenvalue weighted by atomic mass is 10.1. The minimum absolute atomic E-state index is 0.666. The standard InChI is InChI=1S/C16H24N2/c1-12(2)18-8-7-15(11-18)17-16-9-13-5-3-4-6-14(13)10-16/h3-6,12,15-17H,7-11H2,1-2H3. The van der Waals surface area contributed by atoms with Crippen LogP contribution in [0, 0.1) is 0 Å². The molecule has 1 unspecified atom stereocenters. The average molecular weight is 244 g/mol. The molecule has 3 rings (SSSR count). The molecule has 0 spiro atoms. The number of rotatable bonds is 3. The summed E-state index contributed by atoms with van der Waals surface area (Å²) < 4.78 is 0. The van der Waals surface area contributed by atoms with Crippen LogP contribution in [0.15, 0.2) is 24.3 Å². The SMILES string of the molecule is CC(C)N1CCC(NC2Cc3ccccc3C2)C1. The maximum atomic E-state index is 3.87. The Bertz CT molecular complexity index is 388. The third kappa shape index (κ3) is 2.45. The molecule has 2 heteroatoms. The number of nitrogens with zero attached hydrogens (tertiary/aromatic N) is 1. The topological polar surface area (TPSA) is 15.3 Å². The molecule has 1 aromatic rings. The van der Waals surface area contributed by atoms with Gasteiger partial charge in [0.1, 0.15) is 0 Å². The summed E-state index contributed by atoms with van der Waals surface area (Å²) in [6.07, 6.45) is 3.74. The first-order chi connectivity index (χ1) is 8.72. The van der Waals surface area contributed by atoms with Crippen LogP contribution in [0.5, 0.6) is 0 Å². The molecule has 98 valence electrons. The fourth-order valence-corrected chi connectivity index (χ4v) is 3.40. The van der Waals surface area contributed by atoms with Crippen LogP contribution in [0.25, 0.3) is 0 Å². The van der Waals surface area contributed by atoms with E-state index in [9.17, 15) is 0 Å². The van der Waals surface area contributed by atoms with E-state index in [1.165, 1.54) is 32.4 Å². The Morgan fingerprint density at radius 2 is 1.78 bits per heavy atom. The second-order valence-corrected chi connectivity index (χ2v) is 6.11. The zero-order valence-electron chi connectivity index (χ0n) is 11.5. The van der Waals surface area contributed by atoms with E-state index in [1.807, 2.05) is 0 Å². The predicted molar refractivity (Wildman–Crippen MR) is 75.9 cm³/mol. The molecule has 0 amide bonds. The van der Waals surface area contributed by atoms with Crippen LogP contribution in [0.1, 0.15) is 31.4 Å². The number of likely N-dealkylation sites (tertiary alicyclic amines) is 1. The summed E-state index contributed by atoms with van der Waals surface area (Å²) in [5.74, 6) is 0. The Morgan fingerprint density at radius 1 is 1.11 bits per heavy atom. The van der Waals surface area contributed by atoms with Crippen LogP contribution in [0.4, 0.5) is 0 Å². The Balaban J connectivity index is 1.54. The van der Waals surface area contributed by atoms with Gasteiger partial charge in [0.05, 0.1) is 0 Å². The summed E-state index contributed by atoms with van der Waals surface area (Å²) in [7, 11) is 0. The van der Waals surface area contributed by atoms with E-state index in [2.05, 4.69) is 48.3 Å². The number of hydrogen-bond acceptors (Lipinski definition) is 2. The van der Waals surface area contributed by atoms with Crippen LogP contribution < -0.4 is 5.32 Å². The summed E-state index contributed by atoms with van der Waals surface area (Å²) in [6.45, 7) is 7.08. The van der Waals surface area contributed by atoms with Crippen molar-refractivity contribution in [3.8, 4) is 0 Å². The second-order valence-electron chi connectivity index (χ2n) is 6.11. The molecule has 2 nitrogen and oxygen atoms in total. The van der Waals surface area contributed by atoms with Crippen LogP contribution in [0.2, 0.25) is 0 Å². The quantitative estimate of drug-likeness (QED) is 0.877. The molecule has 1 fully saturated rings. The highest BCUT2D eigenvalue weighted by molar-refractivity contribution is 5.33. The van der Waals surface area contributed by atoms with Crippen molar-refractivity contribution in [1.29, 1.82) is 0 Å². The molecular weight excluding hydrogens is 220 g/mol. The van der Waals surface area contributed by atoms with Crippen molar-refractivity contribution in [2.24, 2.45) is 0 Å². The first-order valence-corrected chi connectivity index (χ1v) is 7.29. The van der Waals surface area contributed by atoms with Gasteiger partial charge >= 0.3 is 0 Å². The summed E-state index contributed by atoms with van der Waals surface area (Å²) in [4.78, 5) is 2.58. The lowest BCUT2D eigenvalue weighted by Gasteiger charge is -2.22. The molecule has 0 aromatic heterocycles. The van der Waals surface area contributed by atoms with Gasteiger partial charge in [0.2, 0.25) is 0 Å². The van der Waals surface area contributed by atoms with E-state index in [1.54, 1.807) is 11.1 Å². The first-order valence-electron chi connectivity index (χ1n) is 7.29. The molecule has 18 heavy (non-hydrogen) atoms. The molecule has 1 heterocycles. The van der Waals surface area contributed by atoms with Crippen molar-refractivity contribution in [3.63, 3.8) is 0 Å². The van der Waals surface area contributed by atoms with Gasteiger partial charge in [-0.25, -0.2) is 0 Å². The van der Waals surface area contributed by atoms with E-state index >= 15 is 0 Å². The summed E-state index contributed by atoms with van der Waals surface area (Å²) in [6, 6.07) is 11.0. The highest BCUT2D eigenvalue weighted by Gasteiger charge is 2.28. The van der Waals surface area contributed by atoms with Gasteiger partial charge in [0.25, 0.3) is 0 Å². The van der Waals surface area contributed by atoms with Gasteiger partial charge in [-0.1, -0.05) is 24.3 Å². The van der Waals surface area contributed by atoms with Gasteiger partial charge in [-0.15, -0.1) is 0 Å². The van der Waals surface area contributed by atoms with Gasteiger partial charge in [-0.05, 0) is 50.8 Å². The highest BCUT2D eigenvalue weighted by Crippen LogP contribution is 2.23. The van der Waals surface area contributed by atoms with Crippen molar-refractivity contribution in [2.45, 2.75) is 51.2 Å². The highest BCUT2D eigenvalue weighted by atomic mass is 15.2. The van der Waals surface area contributed by atoms with Gasteiger partial charge < -0.3 is 5.32 Å². The van der Waals surface area contributed by atoms with Crippen LogP contribution >= 0.6 is 0 Å². The van der Waals surface area contributed by atoms with E-state index < -0.39 is 0 Å². The predicted octanol–water partition coefficient (Wildman–Crippen LogP) is 2.23.